The zero-order valence-electron chi connectivity index (χ0n) is 46.9. The first kappa shape index (κ1) is 53.7. The molecule has 9 aromatic rings. The first-order valence-corrected chi connectivity index (χ1v) is 26.8. The number of aromatic nitrogens is 1. The molecule has 0 amide bonds. The first-order valence-electron chi connectivity index (χ1n) is 26.8. The second kappa shape index (κ2) is 20.3. The molecule has 0 unspecified atom stereocenters. The molecular formula is C71H67N6Pt-3. The van der Waals surface area contributed by atoms with Crippen LogP contribution in [0.15, 0.2) is 182 Å². The summed E-state index contributed by atoms with van der Waals surface area (Å²) in [5.74, 6) is 0.782. The molecule has 3 heterocycles. The molecule has 0 fully saturated rings. The molecule has 0 N–H and O–H groups in total. The summed E-state index contributed by atoms with van der Waals surface area (Å²) in [6, 6.07) is 73.7. The molecule has 1 aromatic heterocycles. The summed E-state index contributed by atoms with van der Waals surface area (Å²) in [7, 11) is 0. The maximum atomic E-state index is 10.2. The van der Waals surface area contributed by atoms with Gasteiger partial charge in [-0.05, 0) is 122 Å². The monoisotopic (exact) mass is 1200 g/mol. The molecular weight excluding hydrogens is 1130 g/mol. The standard InChI is InChI=1S/C71H67N6.Pt/c1-68(2,3)50-23-20-24-54(39-50)76(55-30-32-61-59-31-29-47(45-72)35-62(59)60-25-16-17-26-63(60)77(66(61)44-55)67-42-51(33-34-73-67)69(4,5)6)58-37-49(48-21-14-13-15-22-48)36-56(43-58)74-46-75(65-28-19-18-27-64(65)74)57-40-52(70(7,8)9)38-53(41-57)71(10,11)12;/h13-42,46H,1-12H3;/q-3;. The number of hydrogen-bond acceptors (Lipinski definition) is 6. The Bertz CT molecular complexity index is 3730. The fraction of sp³-hybridized carbons (Fsp3) is 0.225. The van der Waals surface area contributed by atoms with Crippen LogP contribution < -0.4 is 19.6 Å². The molecule has 0 bridgehead atoms. The Morgan fingerprint density at radius 3 is 1.76 bits per heavy atom. The van der Waals surface area contributed by atoms with Crippen molar-refractivity contribution in [2.45, 2.75) is 105 Å². The molecule has 11 rings (SSSR count). The number of anilines is 10. The molecule has 0 spiro atoms. The SMILES string of the molecule is CC(C)(C)c1cccc(N(c2[c-]c3c(cc2)-c2ccc(C#N)cc2-c2ccccc2N3c2cc(C(C)(C)C)ccn2)c2[c-]c(N3[CH-]N(c4cc(C(C)(C)C)cc(C(C)(C)C)c4)c4ccccc43)cc(-c3ccccc3)c2)c1.[Pt]. The van der Waals surface area contributed by atoms with Crippen molar-refractivity contribution in [3.05, 3.63) is 229 Å². The summed E-state index contributed by atoms with van der Waals surface area (Å²) in [6.45, 7) is 29.5. The van der Waals surface area contributed by atoms with Crippen molar-refractivity contribution < 1.29 is 21.1 Å². The van der Waals surface area contributed by atoms with E-state index in [4.69, 9.17) is 4.98 Å². The second-order valence-corrected chi connectivity index (χ2v) is 24.7. The molecule has 78 heavy (non-hydrogen) atoms. The van der Waals surface area contributed by atoms with Gasteiger partial charge in [-0.3, -0.25) is 0 Å². The zero-order valence-corrected chi connectivity index (χ0v) is 49.2. The average molecular weight is 1200 g/mol. The Kier molecular flexibility index (Phi) is 13.9. The smallest absolute Gasteiger partial charge is 0.135 e. The van der Waals surface area contributed by atoms with E-state index < -0.39 is 0 Å². The van der Waals surface area contributed by atoms with Crippen molar-refractivity contribution in [3.8, 4) is 39.4 Å². The van der Waals surface area contributed by atoms with Gasteiger partial charge in [-0.15, -0.1) is 53.8 Å². The summed E-state index contributed by atoms with van der Waals surface area (Å²) in [5.41, 5.74) is 20.0. The van der Waals surface area contributed by atoms with Crippen LogP contribution in [-0.4, -0.2) is 4.98 Å². The van der Waals surface area contributed by atoms with Gasteiger partial charge >= 0.3 is 0 Å². The van der Waals surface area contributed by atoms with Crippen LogP contribution in [0.3, 0.4) is 0 Å². The van der Waals surface area contributed by atoms with Crippen molar-refractivity contribution in [1.29, 1.82) is 5.26 Å². The summed E-state index contributed by atoms with van der Waals surface area (Å²) in [5, 5.41) is 10.2. The third-order valence-corrected chi connectivity index (χ3v) is 15.1. The van der Waals surface area contributed by atoms with Crippen molar-refractivity contribution in [2.24, 2.45) is 0 Å². The van der Waals surface area contributed by atoms with Gasteiger partial charge in [-0.2, -0.15) is 11.3 Å². The summed E-state index contributed by atoms with van der Waals surface area (Å²) in [6.07, 6.45) is 1.92. The van der Waals surface area contributed by atoms with Gasteiger partial charge < -0.3 is 19.6 Å². The van der Waals surface area contributed by atoms with Gasteiger partial charge in [0.15, 0.2) is 0 Å². The van der Waals surface area contributed by atoms with E-state index in [1.54, 1.807) is 0 Å². The molecule has 0 saturated carbocycles. The Morgan fingerprint density at radius 2 is 1.09 bits per heavy atom. The minimum absolute atomic E-state index is 0. The van der Waals surface area contributed by atoms with Crippen LogP contribution in [0.25, 0.3) is 33.4 Å². The molecule has 8 aromatic carbocycles. The van der Waals surface area contributed by atoms with Crippen LogP contribution in [-0.2, 0) is 42.7 Å². The van der Waals surface area contributed by atoms with E-state index >= 15 is 0 Å². The normalized spacial score (nSPS) is 13.1. The third kappa shape index (κ3) is 10.2. The van der Waals surface area contributed by atoms with Crippen LogP contribution in [0, 0.1) is 30.1 Å². The van der Waals surface area contributed by atoms with Gasteiger partial charge in [0.25, 0.3) is 0 Å². The van der Waals surface area contributed by atoms with Crippen molar-refractivity contribution in [1.82, 2.24) is 4.98 Å². The fourth-order valence-corrected chi connectivity index (χ4v) is 10.6. The molecule has 2 aliphatic heterocycles. The Balaban J connectivity index is 0.00000688. The summed E-state index contributed by atoms with van der Waals surface area (Å²) < 4.78 is 0. The number of nitrogens with zero attached hydrogens (tertiary/aromatic N) is 6. The predicted molar refractivity (Wildman–Crippen MR) is 322 cm³/mol. The Hall–Kier alpha value is -7.71. The van der Waals surface area contributed by atoms with Gasteiger partial charge in [0.05, 0.1) is 17.3 Å². The minimum atomic E-state index is -0.134. The van der Waals surface area contributed by atoms with E-state index in [1.165, 1.54) is 22.3 Å². The molecule has 2 aliphatic rings. The predicted octanol–water partition coefficient (Wildman–Crippen LogP) is 19.4. The van der Waals surface area contributed by atoms with Crippen LogP contribution in [0.5, 0.6) is 0 Å². The van der Waals surface area contributed by atoms with Crippen LogP contribution in [0.4, 0.5) is 57.0 Å². The molecule has 6 nitrogen and oxygen atoms in total. The number of para-hydroxylation sites is 3. The van der Waals surface area contributed by atoms with Crippen LogP contribution >= 0.6 is 0 Å². The first-order chi connectivity index (χ1) is 36.6. The Morgan fingerprint density at radius 1 is 0.474 bits per heavy atom. The summed E-state index contributed by atoms with van der Waals surface area (Å²) in [4.78, 5) is 14.4. The Labute approximate surface area is 477 Å². The van der Waals surface area contributed by atoms with Gasteiger partial charge in [-0.25, -0.2) is 4.98 Å². The van der Waals surface area contributed by atoms with Crippen LogP contribution in [0.1, 0.15) is 111 Å². The zero-order chi connectivity index (χ0) is 54.2. The number of nitriles is 1. The molecule has 0 radical (unpaired) electrons. The maximum absolute atomic E-state index is 10.2. The van der Waals surface area contributed by atoms with Gasteiger partial charge in [0.1, 0.15) is 5.82 Å². The fourth-order valence-electron chi connectivity index (χ4n) is 10.6. The van der Waals surface area contributed by atoms with Crippen molar-refractivity contribution in [3.63, 3.8) is 0 Å². The number of pyridine rings is 1. The van der Waals surface area contributed by atoms with Crippen LogP contribution in [0.2, 0.25) is 0 Å². The molecule has 0 saturated heterocycles. The molecule has 0 atom stereocenters. The van der Waals surface area contributed by atoms with E-state index in [2.05, 4.69) is 291 Å². The number of fused-ring (bicyclic) bond motifs is 6. The van der Waals surface area contributed by atoms with Gasteiger partial charge in [-0.1, -0.05) is 191 Å². The number of hydrogen-bond donors (Lipinski definition) is 0. The van der Waals surface area contributed by atoms with Gasteiger partial charge in [0.2, 0.25) is 0 Å². The van der Waals surface area contributed by atoms with Gasteiger partial charge in [0, 0.05) is 55.6 Å². The minimum Gasteiger partial charge on any atom is -0.493 e. The van der Waals surface area contributed by atoms with Crippen molar-refractivity contribution in [2.75, 3.05) is 19.6 Å². The second-order valence-electron chi connectivity index (χ2n) is 24.7. The molecule has 0 aliphatic carbocycles. The van der Waals surface area contributed by atoms with E-state index in [9.17, 15) is 5.26 Å². The summed E-state index contributed by atoms with van der Waals surface area (Å²) >= 11 is 0. The topological polar surface area (TPSA) is 49.6 Å². The van der Waals surface area contributed by atoms with E-state index in [0.717, 1.165) is 90.4 Å². The third-order valence-electron chi connectivity index (χ3n) is 15.1. The van der Waals surface area contributed by atoms with E-state index in [0.29, 0.717) is 5.56 Å². The number of rotatable bonds is 7. The van der Waals surface area contributed by atoms with Crippen molar-refractivity contribution >= 4 is 57.0 Å². The molecule has 394 valence electrons. The van der Waals surface area contributed by atoms with E-state index in [-0.39, 0.29) is 42.7 Å². The maximum Gasteiger partial charge on any atom is 0.135 e. The molecule has 7 heteroatoms. The average Bonchev–Trinajstić information content (AvgIpc) is 3.87. The van der Waals surface area contributed by atoms with E-state index in [1.807, 2.05) is 18.3 Å². The largest absolute Gasteiger partial charge is 0.493 e. The quantitative estimate of drug-likeness (QED) is 0.148. The number of benzene rings is 8.